The van der Waals surface area contributed by atoms with Gasteiger partial charge >= 0.3 is 0 Å². The van der Waals surface area contributed by atoms with E-state index in [-0.39, 0.29) is 35.9 Å². The SMILES string of the molecule is C=C(Cl)CNS(=O)(=O)C1CCS(=O)(=O)CC1. The third kappa shape index (κ3) is 4.04. The molecule has 16 heavy (non-hydrogen) atoms. The van der Waals surface area contributed by atoms with Gasteiger partial charge in [-0.3, -0.25) is 0 Å². The first-order valence-electron chi connectivity index (χ1n) is 4.75. The van der Waals surface area contributed by atoms with E-state index in [2.05, 4.69) is 11.3 Å². The number of hydrogen-bond donors (Lipinski definition) is 1. The van der Waals surface area contributed by atoms with E-state index in [1.807, 2.05) is 0 Å². The number of sulfone groups is 1. The van der Waals surface area contributed by atoms with Crippen molar-refractivity contribution >= 4 is 31.5 Å². The molecule has 0 aromatic carbocycles. The maximum atomic E-state index is 11.7. The molecule has 0 unspecified atom stereocenters. The van der Waals surface area contributed by atoms with Crippen molar-refractivity contribution in [3.8, 4) is 0 Å². The molecule has 0 atom stereocenters. The highest BCUT2D eigenvalue weighted by Gasteiger charge is 2.32. The number of sulfonamides is 1. The molecule has 1 N–H and O–H groups in total. The van der Waals surface area contributed by atoms with Crippen molar-refractivity contribution < 1.29 is 16.8 Å². The van der Waals surface area contributed by atoms with E-state index in [1.165, 1.54) is 0 Å². The van der Waals surface area contributed by atoms with Crippen molar-refractivity contribution in [2.45, 2.75) is 18.1 Å². The van der Waals surface area contributed by atoms with Crippen LogP contribution in [0.2, 0.25) is 0 Å². The molecule has 0 saturated carbocycles. The van der Waals surface area contributed by atoms with Crippen LogP contribution in [0.15, 0.2) is 11.6 Å². The van der Waals surface area contributed by atoms with Crippen LogP contribution in [0, 0.1) is 0 Å². The molecule has 1 saturated heterocycles. The minimum Gasteiger partial charge on any atom is -0.229 e. The predicted molar refractivity (Wildman–Crippen MR) is 63.6 cm³/mol. The van der Waals surface area contributed by atoms with Crippen molar-refractivity contribution in [3.63, 3.8) is 0 Å². The minimum absolute atomic E-state index is 0.0207. The molecule has 0 bridgehead atoms. The second-order valence-electron chi connectivity index (χ2n) is 3.73. The van der Waals surface area contributed by atoms with Gasteiger partial charge in [0.2, 0.25) is 10.0 Å². The van der Waals surface area contributed by atoms with Gasteiger partial charge in [0.05, 0.1) is 16.8 Å². The Morgan fingerprint density at radius 2 is 1.88 bits per heavy atom. The van der Waals surface area contributed by atoms with Crippen molar-refractivity contribution in [1.29, 1.82) is 0 Å². The molecule has 0 aromatic heterocycles. The van der Waals surface area contributed by atoms with Crippen LogP contribution in [-0.2, 0) is 19.9 Å². The lowest BCUT2D eigenvalue weighted by Crippen LogP contribution is -2.40. The summed E-state index contributed by atoms with van der Waals surface area (Å²) in [6.07, 6.45) is 0.291. The van der Waals surface area contributed by atoms with E-state index in [1.54, 1.807) is 0 Å². The van der Waals surface area contributed by atoms with Gasteiger partial charge in [0.1, 0.15) is 9.84 Å². The van der Waals surface area contributed by atoms with E-state index in [4.69, 9.17) is 11.6 Å². The molecule has 1 fully saturated rings. The number of hydrogen-bond acceptors (Lipinski definition) is 4. The topological polar surface area (TPSA) is 80.3 Å². The van der Waals surface area contributed by atoms with Crippen LogP contribution in [-0.4, -0.2) is 40.1 Å². The summed E-state index contributed by atoms with van der Waals surface area (Å²) in [5.41, 5.74) is 0. The zero-order valence-corrected chi connectivity index (χ0v) is 11.0. The molecule has 0 spiro atoms. The zero-order valence-electron chi connectivity index (χ0n) is 8.65. The highest BCUT2D eigenvalue weighted by atomic mass is 35.5. The van der Waals surface area contributed by atoms with Crippen LogP contribution in [0.3, 0.4) is 0 Å². The molecular weight excluding hydrogens is 274 g/mol. The first kappa shape index (κ1) is 14.0. The Bertz CT molecular complexity index is 454. The second-order valence-corrected chi connectivity index (χ2v) is 8.62. The summed E-state index contributed by atoms with van der Waals surface area (Å²) in [6.45, 7) is 3.35. The van der Waals surface area contributed by atoms with Crippen molar-refractivity contribution in [1.82, 2.24) is 4.72 Å². The van der Waals surface area contributed by atoms with E-state index in [0.717, 1.165) is 0 Å². The summed E-state index contributed by atoms with van der Waals surface area (Å²) >= 11 is 5.45. The first-order valence-corrected chi connectivity index (χ1v) is 8.50. The van der Waals surface area contributed by atoms with E-state index in [9.17, 15) is 16.8 Å². The fourth-order valence-corrected chi connectivity index (χ4v) is 4.88. The standard InChI is InChI=1S/C8H14ClNO4S2/c1-7(9)6-10-16(13,14)8-2-4-15(11,12)5-3-8/h8,10H,1-6H2. The smallest absolute Gasteiger partial charge is 0.214 e. The largest absolute Gasteiger partial charge is 0.229 e. The quantitative estimate of drug-likeness (QED) is 0.803. The Morgan fingerprint density at radius 3 is 2.31 bits per heavy atom. The average Bonchev–Trinajstić information content (AvgIpc) is 2.14. The molecular formula is C8H14ClNO4S2. The average molecular weight is 288 g/mol. The first-order chi connectivity index (χ1) is 7.23. The molecule has 5 nitrogen and oxygen atoms in total. The van der Waals surface area contributed by atoms with Gasteiger partial charge in [-0.15, -0.1) is 0 Å². The molecule has 1 aliphatic heterocycles. The Kier molecular flexibility index (Phi) is 4.39. The second kappa shape index (κ2) is 5.03. The Labute approximate surface area is 101 Å². The summed E-state index contributed by atoms with van der Waals surface area (Å²) in [5.74, 6) is -0.138. The molecule has 94 valence electrons. The summed E-state index contributed by atoms with van der Waals surface area (Å²) in [7, 11) is -6.53. The molecule has 0 radical (unpaired) electrons. The summed E-state index contributed by atoms with van der Waals surface area (Å²) in [4.78, 5) is 0. The van der Waals surface area contributed by atoms with E-state index < -0.39 is 25.1 Å². The van der Waals surface area contributed by atoms with Gasteiger partial charge < -0.3 is 0 Å². The molecule has 0 aromatic rings. The lowest BCUT2D eigenvalue weighted by molar-refractivity contribution is 0.545. The molecule has 0 amide bonds. The van der Waals surface area contributed by atoms with E-state index in [0.29, 0.717) is 0 Å². The predicted octanol–water partition coefficient (Wildman–Crippen LogP) is 0.235. The van der Waals surface area contributed by atoms with Crippen molar-refractivity contribution in [2.24, 2.45) is 0 Å². The van der Waals surface area contributed by atoms with Crippen LogP contribution >= 0.6 is 11.6 Å². The normalized spacial score (nSPS) is 21.8. The summed E-state index contributed by atoms with van der Waals surface area (Å²) in [6, 6.07) is 0. The van der Waals surface area contributed by atoms with Crippen LogP contribution in [0.1, 0.15) is 12.8 Å². The Balaban J connectivity index is 2.62. The van der Waals surface area contributed by atoms with Crippen LogP contribution in [0.25, 0.3) is 0 Å². The number of nitrogens with one attached hydrogen (secondary N) is 1. The van der Waals surface area contributed by atoms with Crippen molar-refractivity contribution in [3.05, 3.63) is 11.6 Å². The lowest BCUT2D eigenvalue weighted by Gasteiger charge is -2.22. The van der Waals surface area contributed by atoms with Gasteiger partial charge in [0.15, 0.2) is 0 Å². The van der Waals surface area contributed by atoms with Gasteiger partial charge in [-0.25, -0.2) is 21.6 Å². The number of halogens is 1. The third-order valence-electron chi connectivity index (χ3n) is 2.41. The maximum absolute atomic E-state index is 11.7. The molecule has 8 heteroatoms. The van der Waals surface area contributed by atoms with Gasteiger partial charge in [0, 0.05) is 11.6 Å². The van der Waals surface area contributed by atoms with Gasteiger partial charge in [-0.05, 0) is 12.8 Å². The molecule has 0 aliphatic carbocycles. The number of rotatable bonds is 4. The highest BCUT2D eigenvalue weighted by Crippen LogP contribution is 2.18. The fraction of sp³-hybridized carbons (Fsp3) is 0.750. The zero-order chi connectivity index (χ0) is 12.4. The highest BCUT2D eigenvalue weighted by molar-refractivity contribution is 7.92. The van der Waals surface area contributed by atoms with Crippen LogP contribution in [0.4, 0.5) is 0 Å². The van der Waals surface area contributed by atoms with Crippen LogP contribution in [0.5, 0.6) is 0 Å². The van der Waals surface area contributed by atoms with E-state index >= 15 is 0 Å². The Hall–Kier alpha value is -0.110. The van der Waals surface area contributed by atoms with Gasteiger partial charge in [-0.1, -0.05) is 18.2 Å². The van der Waals surface area contributed by atoms with Gasteiger partial charge in [-0.2, -0.15) is 0 Å². The van der Waals surface area contributed by atoms with Crippen LogP contribution < -0.4 is 4.72 Å². The maximum Gasteiger partial charge on any atom is 0.214 e. The van der Waals surface area contributed by atoms with Gasteiger partial charge in [0.25, 0.3) is 0 Å². The monoisotopic (exact) mass is 287 g/mol. The summed E-state index contributed by atoms with van der Waals surface area (Å²) in [5, 5.41) is -0.445. The lowest BCUT2D eigenvalue weighted by atomic mass is 10.2. The third-order valence-corrected chi connectivity index (χ3v) is 6.15. The minimum atomic E-state index is -3.49. The Morgan fingerprint density at radius 1 is 1.38 bits per heavy atom. The molecule has 1 aliphatic rings. The van der Waals surface area contributed by atoms with Crippen molar-refractivity contribution in [2.75, 3.05) is 18.1 Å². The summed E-state index contributed by atoms with van der Waals surface area (Å²) < 4.78 is 48.0. The molecule has 1 rings (SSSR count). The fourth-order valence-electron chi connectivity index (χ4n) is 1.48. The molecule has 1 heterocycles.